The Bertz CT molecular complexity index is 675. The van der Waals surface area contributed by atoms with Gasteiger partial charge in [-0.05, 0) is 30.3 Å². The summed E-state index contributed by atoms with van der Waals surface area (Å²) in [5, 5.41) is 8.82. The van der Waals surface area contributed by atoms with E-state index in [9.17, 15) is 4.79 Å². The minimum atomic E-state index is -0.605. The van der Waals surface area contributed by atoms with Gasteiger partial charge in [-0.3, -0.25) is 4.79 Å². The summed E-state index contributed by atoms with van der Waals surface area (Å²) in [6, 6.07) is 13.2. The monoisotopic (exact) mass is 253 g/mol. The minimum Gasteiger partial charge on any atom is -0.456 e. The Hall–Kier alpha value is -3.00. The number of hydrogen-bond acceptors (Lipinski definition) is 4. The van der Waals surface area contributed by atoms with Gasteiger partial charge < -0.3 is 16.2 Å². The molecule has 0 heterocycles. The lowest BCUT2D eigenvalue weighted by Gasteiger charge is -2.10. The SMILES string of the molecule is N#Cc1cccc(Oc2cc(N)ccc2C(N)=O)c1. The van der Waals surface area contributed by atoms with Crippen LogP contribution in [0.5, 0.6) is 11.5 Å². The van der Waals surface area contributed by atoms with Crippen molar-refractivity contribution in [1.82, 2.24) is 0 Å². The van der Waals surface area contributed by atoms with Gasteiger partial charge in [0.05, 0.1) is 17.2 Å². The maximum absolute atomic E-state index is 11.3. The summed E-state index contributed by atoms with van der Waals surface area (Å²) in [5.41, 5.74) is 12.1. The van der Waals surface area contributed by atoms with Crippen LogP contribution in [0.2, 0.25) is 0 Å². The van der Waals surface area contributed by atoms with E-state index in [-0.39, 0.29) is 11.3 Å². The number of primary amides is 1. The second kappa shape index (κ2) is 5.10. The van der Waals surface area contributed by atoms with Crippen LogP contribution in [0, 0.1) is 11.3 Å². The number of nitrogens with zero attached hydrogens (tertiary/aromatic N) is 1. The fourth-order valence-electron chi connectivity index (χ4n) is 1.58. The van der Waals surface area contributed by atoms with Crippen molar-refractivity contribution < 1.29 is 9.53 Å². The van der Waals surface area contributed by atoms with Gasteiger partial charge in [-0.25, -0.2) is 0 Å². The van der Waals surface area contributed by atoms with Gasteiger partial charge in [0.1, 0.15) is 11.5 Å². The van der Waals surface area contributed by atoms with E-state index >= 15 is 0 Å². The highest BCUT2D eigenvalue weighted by molar-refractivity contribution is 5.96. The van der Waals surface area contributed by atoms with E-state index in [1.807, 2.05) is 6.07 Å². The summed E-state index contributed by atoms with van der Waals surface area (Å²) in [5.74, 6) is 0.0983. The predicted molar refractivity (Wildman–Crippen MR) is 70.6 cm³/mol. The van der Waals surface area contributed by atoms with Crippen molar-refractivity contribution in [3.8, 4) is 17.6 Å². The normalized spacial score (nSPS) is 9.63. The first-order chi connectivity index (χ1) is 9.10. The number of nitrogens with two attached hydrogens (primary N) is 2. The van der Waals surface area contributed by atoms with Crippen LogP contribution < -0.4 is 16.2 Å². The average molecular weight is 253 g/mol. The summed E-state index contributed by atoms with van der Waals surface area (Å²) >= 11 is 0. The molecule has 0 aliphatic heterocycles. The first-order valence-electron chi connectivity index (χ1n) is 5.47. The molecule has 0 radical (unpaired) electrons. The molecule has 0 atom stereocenters. The lowest BCUT2D eigenvalue weighted by molar-refractivity contribution is 0.0998. The molecule has 5 heteroatoms. The zero-order chi connectivity index (χ0) is 13.8. The van der Waals surface area contributed by atoms with Crippen LogP contribution in [-0.4, -0.2) is 5.91 Å². The van der Waals surface area contributed by atoms with Gasteiger partial charge in [-0.15, -0.1) is 0 Å². The third kappa shape index (κ3) is 2.82. The van der Waals surface area contributed by atoms with E-state index in [4.69, 9.17) is 21.5 Å². The van der Waals surface area contributed by atoms with E-state index in [1.165, 1.54) is 12.1 Å². The molecule has 19 heavy (non-hydrogen) atoms. The van der Waals surface area contributed by atoms with Crippen LogP contribution in [0.4, 0.5) is 5.69 Å². The minimum absolute atomic E-state index is 0.233. The van der Waals surface area contributed by atoms with Crippen molar-refractivity contribution in [3.05, 3.63) is 53.6 Å². The van der Waals surface area contributed by atoms with Crippen LogP contribution >= 0.6 is 0 Å². The summed E-state index contributed by atoms with van der Waals surface area (Å²) in [4.78, 5) is 11.3. The summed E-state index contributed by atoms with van der Waals surface area (Å²) in [6.45, 7) is 0. The Labute approximate surface area is 110 Å². The molecule has 1 amide bonds. The standard InChI is InChI=1S/C14H11N3O2/c15-8-9-2-1-3-11(6-9)19-13-7-10(16)4-5-12(13)14(17)18/h1-7H,16H2,(H2,17,18). The smallest absolute Gasteiger partial charge is 0.252 e. The highest BCUT2D eigenvalue weighted by Gasteiger charge is 2.11. The number of amides is 1. The molecule has 0 saturated carbocycles. The summed E-state index contributed by atoms with van der Waals surface area (Å²) in [6.07, 6.45) is 0. The zero-order valence-corrected chi connectivity index (χ0v) is 9.96. The topological polar surface area (TPSA) is 102 Å². The fraction of sp³-hybridized carbons (Fsp3) is 0. The number of nitriles is 1. The Balaban J connectivity index is 2.40. The lowest BCUT2D eigenvalue weighted by Crippen LogP contribution is -2.12. The first-order valence-corrected chi connectivity index (χ1v) is 5.47. The molecule has 94 valence electrons. The van der Waals surface area contributed by atoms with Gasteiger partial charge in [-0.1, -0.05) is 6.07 Å². The van der Waals surface area contributed by atoms with E-state index < -0.39 is 5.91 Å². The molecule has 0 saturated heterocycles. The Kier molecular flexibility index (Phi) is 3.35. The molecular weight excluding hydrogens is 242 g/mol. The maximum atomic E-state index is 11.3. The number of benzene rings is 2. The molecule has 0 aliphatic carbocycles. The number of ether oxygens (including phenoxy) is 1. The zero-order valence-electron chi connectivity index (χ0n) is 9.96. The van der Waals surface area contributed by atoms with Gasteiger partial charge >= 0.3 is 0 Å². The Morgan fingerprint density at radius 2 is 2.00 bits per heavy atom. The van der Waals surface area contributed by atoms with Gasteiger partial charge in [0.25, 0.3) is 5.91 Å². The molecule has 4 N–H and O–H groups in total. The highest BCUT2D eigenvalue weighted by atomic mass is 16.5. The van der Waals surface area contributed by atoms with Gasteiger partial charge in [0.15, 0.2) is 0 Å². The van der Waals surface area contributed by atoms with Crippen molar-refractivity contribution in [1.29, 1.82) is 5.26 Å². The second-order valence-electron chi connectivity index (χ2n) is 3.86. The number of carbonyl (C=O) groups excluding carboxylic acids is 1. The number of rotatable bonds is 3. The van der Waals surface area contributed by atoms with Crippen LogP contribution in [0.3, 0.4) is 0 Å². The second-order valence-corrected chi connectivity index (χ2v) is 3.86. The van der Waals surface area contributed by atoms with Crippen LogP contribution in [-0.2, 0) is 0 Å². The summed E-state index contributed by atoms with van der Waals surface area (Å²) < 4.78 is 5.56. The van der Waals surface area contributed by atoms with Gasteiger partial charge in [-0.2, -0.15) is 5.26 Å². The van der Waals surface area contributed by atoms with Crippen LogP contribution in [0.25, 0.3) is 0 Å². The van der Waals surface area contributed by atoms with Crippen LogP contribution in [0.15, 0.2) is 42.5 Å². The third-order valence-electron chi connectivity index (χ3n) is 2.46. The van der Waals surface area contributed by atoms with Crippen molar-refractivity contribution in [2.24, 2.45) is 5.73 Å². The van der Waals surface area contributed by atoms with Crippen molar-refractivity contribution >= 4 is 11.6 Å². The van der Waals surface area contributed by atoms with E-state index in [2.05, 4.69) is 0 Å². The molecule has 0 unspecified atom stereocenters. The maximum Gasteiger partial charge on any atom is 0.252 e. The van der Waals surface area contributed by atoms with Crippen molar-refractivity contribution in [2.45, 2.75) is 0 Å². The molecule has 2 aromatic carbocycles. The molecular formula is C14H11N3O2. The van der Waals surface area contributed by atoms with Gasteiger partial charge in [0, 0.05) is 11.8 Å². The van der Waals surface area contributed by atoms with E-state index in [0.29, 0.717) is 17.0 Å². The summed E-state index contributed by atoms with van der Waals surface area (Å²) in [7, 11) is 0. The first kappa shape index (κ1) is 12.5. The molecule has 5 nitrogen and oxygen atoms in total. The Morgan fingerprint density at radius 1 is 1.21 bits per heavy atom. The van der Waals surface area contributed by atoms with E-state index in [1.54, 1.807) is 30.3 Å². The molecule has 0 bridgehead atoms. The number of anilines is 1. The molecule has 0 aromatic heterocycles. The number of hydrogen-bond donors (Lipinski definition) is 2. The largest absolute Gasteiger partial charge is 0.456 e. The van der Waals surface area contributed by atoms with Crippen LogP contribution in [0.1, 0.15) is 15.9 Å². The Morgan fingerprint density at radius 3 is 2.68 bits per heavy atom. The quantitative estimate of drug-likeness (QED) is 0.817. The average Bonchev–Trinajstić information content (AvgIpc) is 2.38. The molecule has 0 spiro atoms. The third-order valence-corrected chi connectivity index (χ3v) is 2.46. The van der Waals surface area contributed by atoms with Gasteiger partial charge in [0.2, 0.25) is 0 Å². The number of carbonyl (C=O) groups is 1. The lowest BCUT2D eigenvalue weighted by atomic mass is 10.1. The number of nitrogen functional groups attached to an aromatic ring is 1. The fourth-order valence-corrected chi connectivity index (χ4v) is 1.58. The molecule has 2 aromatic rings. The van der Waals surface area contributed by atoms with E-state index in [0.717, 1.165) is 0 Å². The highest BCUT2D eigenvalue weighted by Crippen LogP contribution is 2.27. The molecule has 0 fully saturated rings. The van der Waals surface area contributed by atoms with Crippen molar-refractivity contribution in [2.75, 3.05) is 5.73 Å². The predicted octanol–water partition coefficient (Wildman–Crippen LogP) is 2.03. The van der Waals surface area contributed by atoms with Crippen molar-refractivity contribution in [3.63, 3.8) is 0 Å². The molecule has 0 aliphatic rings. The molecule has 2 rings (SSSR count).